The summed E-state index contributed by atoms with van der Waals surface area (Å²) < 4.78 is 39.2. The first kappa shape index (κ1) is 26.9. The number of nitrogens with one attached hydrogen (secondary N) is 2. The number of amides is 2. The van der Waals surface area contributed by atoms with Gasteiger partial charge in [-0.1, -0.05) is 24.3 Å². The third kappa shape index (κ3) is 5.00. The molecule has 0 aliphatic heterocycles. The summed E-state index contributed by atoms with van der Waals surface area (Å²) in [7, 11) is 0. The van der Waals surface area contributed by atoms with Gasteiger partial charge in [-0.05, 0) is 73.7 Å². The molecule has 4 rings (SSSR count). The Bertz CT molecular complexity index is 1480. The maximum absolute atomic E-state index is 13.6. The predicted molar refractivity (Wildman–Crippen MR) is 136 cm³/mol. The van der Waals surface area contributed by atoms with Gasteiger partial charge >= 0.3 is 17.8 Å². The van der Waals surface area contributed by atoms with Crippen LogP contribution >= 0.6 is 0 Å². The van der Waals surface area contributed by atoms with Crippen LogP contribution in [-0.2, 0) is 21.7 Å². The van der Waals surface area contributed by atoms with Crippen LogP contribution in [0.5, 0.6) is 0 Å². The number of benzene rings is 2. The zero-order chi connectivity index (χ0) is 28.0. The molecule has 2 aromatic carbocycles. The van der Waals surface area contributed by atoms with Crippen LogP contribution in [0.15, 0.2) is 53.5 Å². The van der Waals surface area contributed by atoms with Gasteiger partial charge in [-0.25, -0.2) is 4.79 Å². The van der Waals surface area contributed by atoms with E-state index >= 15 is 0 Å². The van der Waals surface area contributed by atoms with Gasteiger partial charge in [0.1, 0.15) is 5.82 Å². The Morgan fingerprint density at radius 1 is 1.05 bits per heavy atom. The number of hydrogen-bond donors (Lipinski definition) is 3. The highest BCUT2D eigenvalue weighted by atomic mass is 19.4. The largest absolute Gasteiger partial charge is 0.471 e. The van der Waals surface area contributed by atoms with E-state index in [2.05, 4.69) is 10.3 Å². The van der Waals surface area contributed by atoms with Crippen molar-refractivity contribution in [1.29, 1.82) is 0 Å². The van der Waals surface area contributed by atoms with Crippen molar-refractivity contribution in [3.63, 3.8) is 0 Å². The molecule has 0 saturated heterocycles. The Morgan fingerprint density at radius 3 is 2.37 bits per heavy atom. The Labute approximate surface area is 217 Å². The van der Waals surface area contributed by atoms with Crippen molar-refractivity contribution in [1.82, 2.24) is 14.9 Å². The SMILES string of the molecule is Cc1ccc(C2C(C(=O)Nc3ccc(C)c(CNC(=O)C(F)(F)F)c3)C2(C)n2ccc(N)nc2=O)cc1C. The molecule has 0 bridgehead atoms. The minimum atomic E-state index is -4.99. The number of anilines is 2. The fourth-order valence-electron chi connectivity index (χ4n) is 4.92. The van der Waals surface area contributed by atoms with E-state index in [0.717, 1.165) is 16.7 Å². The van der Waals surface area contributed by atoms with Gasteiger partial charge in [0.25, 0.3) is 0 Å². The first-order valence-electron chi connectivity index (χ1n) is 11.9. The smallest absolute Gasteiger partial charge is 0.383 e. The molecule has 1 aliphatic rings. The van der Waals surface area contributed by atoms with Gasteiger partial charge in [-0.3, -0.25) is 14.2 Å². The maximum atomic E-state index is 13.6. The molecule has 1 aromatic heterocycles. The second kappa shape index (κ2) is 9.62. The summed E-state index contributed by atoms with van der Waals surface area (Å²) in [5.74, 6) is -3.33. The number of rotatable bonds is 6. The van der Waals surface area contributed by atoms with Crippen molar-refractivity contribution < 1.29 is 22.8 Å². The first-order chi connectivity index (χ1) is 17.7. The summed E-state index contributed by atoms with van der Waals surface area (Å²) in [5, 5.41) is 4.68. The Kier molecular flexibility index (Phi) is 6.81. The molecule has 0 radical (unpaired) electrons. The molecular formula is C27H28F3N5O3. The summed E-state index contributed by atoms with van der Waals surface area (Å²) in [6, 6.07) is 12.2. The van der Waals surface area contributed by atoms with Crippen LogP contribution in [0.3, 0.4) is 0 Å². The van der Waals surface area contributed by atoms with Crippen molar-refractivity contribution in [2.75, 3.05) is 11.1 Å². The van der Waals surface area contributed by atoms with Gasteiger partial charge in [0, 0.05) is 24.3 Å². The molecule has 1 saturated carbocycles. The van der Waals surface area contributed by atoms with E-state index in [1.165, 1.54) is 22.9 Å². The average molecular weight is 528 g/mol. The van der Waals surface area contributed by atoms with Gasteiger partial charge in [-0.15, -0.1) is 0 Å². The van der Waals surface area contributed by atoms with E-state index in [0.29, 0.717) is 16.8 Å². The van der Waals surface area contributed by atoms with Crippen LogP contribution < -0.4 is 22.1 Å². The normalized spacial score (nSPS) is 20.6. The van der Waals surface area contributed by atoms with Crippen molar-refractivity contribution in [2.24, 2.45) is 5.92 Å². The molecule has 3 atom stereocenters. The van der Waals surface area contributed by atoms with Crippen LogP contribution in [0.1, 0.15) is 40.7 Å². The number of alkyl halides is 3. The number of nitrogens with zero attached hydrogens (tertiary/aromatic N) is 2. The van der Waals surface area contributed by atoms with Gasteiger partial charge in [0.15, 0.2) is 0 Å². The molecule has 200 valence electrons. The van der Waals surface area contributed by atoms with Crippen LogP contribution in [0.25, 0.3) is 0 Å². The van der Waals surface area contributed by atoms with E-state index in [1.807, 2.05) is 44.3 Å². The highest BCUT2D eigenvalue weighted by Crippen LogP contribution is 2.62. The lowest BCUT2D eigenvalue weighted by Crippen LogP contribution is -2.36. The van der Waals surface area contributed by atoms with Gasteiger partial charge in [0.2, 0.25) is 5.91 Å². The molecule has 8 nitrogen and oxygen atoms in total. The summed E-state index contributed by atoms with van der Waals surface area (Å²) >= 11 is 0. The van der Waals surface area contributed by atoms with Crippen molar-refractivity contribution in [2.45, 2.75) is 51.9 Å². The Hall–Kier alpha value is -4.15. The number of carbonyl (C=O) groups excluding carboxylic acids is 2. The first-order valence-corrected chi connectivity index (χ1v) is 11.9. The number of nitrogens with two attached hydrogens (primary N) is 1. The highest BCUT2D eigenvalue weighted by Gasteiger charge is 2.67. The zero-order valence-electron chi connectivity index (χ0n) is 21.3. The van der Waals surface area contributed by atoms with E-state index in [-0.39, 0.29) is 24.2 Å². The van der Waals surface area contributed by atoms with Gasteiger partial charge in [-0.2, -0.15) is 18.2 Å². The van der Waals surface area contributed by atoms with Gasteiger partial charge in [0.05, 0.1) is 11.5 Å². The van der Waals surface area contributed by atoms with Crippen LogP contribution in [-0.4, -0.2) is 27.5 Å². The maximum Gasteiger partial charge on any atom is 0.471 e. The quantitative estimate of drug-likeness (QED) is 0.452. The minimum Gasteiger partial charge on any atom is -0.383 e. The second-order valence-corrected chi connectivity index (χ2v) is 9.84. The third-order valence-electron chi connectivity index (χ3n) is 7.31. The topological polar surface area (TPSA) is 119 Å². The molecule has 3 unspecified atom stereocenters. The van der Waals surface area contributed by atoms with Crippen LogP contribution in [0, 0.1) is 26.7 Å². The Morgan fingerprint density at radius 2 is 1.74 bits per heavy atom. The lowest BCUT2D eigenvalue weighted by molar-refractivity contribution is -0.173. The molecule has 11 heteroatoms. The second-order valence-electron chi connectivity index (χ2n) is 9.84. The molecule has 3 aromatic rings. The molecule has 1 heterocycles. The monoisotopic (exact) mass is 527 g/mol. The Balaban J connectivity index is 1.63. The molecular weight excluding hydrogens is 499 g/mol. The number of nitrogen functional groups attached to an aromatic ring is 1. The third-order valence-corrected chi connectivity index (χ3v) is 7.31. The molecule has 0 spiro atoms. The van der Waals surface area contributed by atoms with Crippen LogP contribution in [0.4, 0.5) is 24.7 Å². The van der Waals surface area contributed by atoms with Crippen molar-refractivity contribution in [3.8, 4) is 0 Å². The molecule has 1 aliphatic carbocycles. The number of aromatic nitrogens is 2. The van der Waals surface area contributed by atoms with E-state index < -0.39 is 29.2 Å². The number of hydrogen-bond acceptors (Lipinski definition) is 5. The zero-order valence-corrected chi connectivity index (χ0v) is 21.3. The number of aryl methyl sites for hydroxylation is 3. The fraction of sp³-hybridized carbons (Fsp3) is 0.333. The highest BCUT2D eigenvalue weighted by molar-refractivity contribution is 5.97. The number of halogens is 3. The van der Waals surface area contributed by atoms with Crippen molar-refractivity contribution >= 4 is 23.3 Å². The molecule has 1 fully saturated rings. The summed E-state index contributed by atoms with van der Waals surface area (Å²) in [4.78, 5) is 41.4. The molecule has 38 heavy (non-hydrogen) atoms. The number of carbonyl (C=O) groups is 2. The average Bonchev–Trinajstić information content (AvgIpc) is 3.46. The van der Waals surface area contributed by atoms with E-state index in [9.17, 15) is 27.6 Å². The lowest BCUT2D eigenvalue weighted by atomic mass is 10.0. The standard InChI is InChI=1S/C27H28F3N5O3/c1-14-5-7-17(11-16(14)3)21-22(26(21,4)35-10-9-20(31)34-25(35)38)23(36)33-19-8-6-15(2)18(12-19)13-32-24(37)27(28,29)30/h5-12,21-22H,13H2,1-4H3,(H,32,37)(H,33,36)(H2,31,34,38). The summed E-state index contributed by atoms with van der Waals surface area (Å²) in [6.07, 6.45) is -3.46. The summed E-state index contributed by atoms with van der Waals surface area (Å²) in [6.45, 7) is 7.09. The van der Waals surface area contributed by atoms with E-state index in [1.54, 1.807) is 19.1 Å². The van der Waals surface area contributed by atoms with Crippen LogP contribution in [0.2, 0.25) is 0 Å². The van der Waals surface area contributed by atoms with E-state index in [4.69, 9.17) is 5.73 Å². The molecule has 2 amide bonds. The minimum absolute atomic E-state index is 0.0732. The van der Waals surface area contributed by atoms with Crippen molar-refractivity contribution in [3.05, 3.63) is 87.0 Å². The predicted octanol–water partition coefficient (Wildman–Crippen LogP) is 3.70. The fourth-order valence-corrected chi connectivity index (χ4v) is 4.92. The molecule has 4 N–H and O–H groups in total. The summed E-state index contributed by atoms with van der Waals surface area (Å²) in [5.41, 5.74) is 8.61. The lowest BCUT2D eigenvalue weighted by Gasteiger charge is -2.16. The van der Waals surface area contributed by atoms with Gasteiger partial charge < -0.3 is 16.4 Å².